The molecule has 2 aromatic heterocycles. The molecule has 126 valence electrons. The number of benzene rings is 1. The molecular weight excluding hydrogens is 353 g/mol. The zero-order chi connectivity index (χ0) is 17.1. The predicted molar refractivity (Wildman–Crippen MR) is 89.5 cm³/mol. The molecule has 0 atom stereocenters. The Hall–Kier alpha value is -2.05. The summed E-state index contributed by atoms with van der Waals surface area (Å²) in [6.45, 7) is 4.06. The third kappa shape index (κ3) is 3.88. The summed E-state index contributed by atoms with van der Waals surface area (Å²) < 4.78 is 16.2. The van der Waals surface area contributed by atoms with Crippen molar-refractivity contribution in [3.8, 4) is 17.2 Å². The minimum atomic E-state index is 0.364. The van der Waals surface area contributed by atoms with Gasteiger partial charge >= 0.3 is 0 Å². The van der Waals surface area contributed by atoms with Crippen LogP contribution < -0.4 is 4.74 Å². The van der Waals surface area contributed by atoms with Crippen LogP contribution in [0.2, 0.25) is 10.0 Å². The summed E-state index contributed by atoms with van der Waals surface area (Å²) >= 11 is 12.5. The highest BCUT2D eigenvalue weighted by Crippen LogP contribution is 2.37. The van der Waals surface area contributed by atoms with Crippen LogP contribution in [-0.4, -0.2) is 22.0 Å². The fraction of sp³-hybridized carbons (Fsp3) is 0.312. The fourth-order valence-electron chi connectivity index (χ4n) is 2.19. The van der Waals surface area contributed by atoms with Gasteiger partial charge in [0.15, 0.2) is 5.75 Å². The first-order chi connectivity index (χ1) is 11.5. The fourth-order valence-corrected chi connectivity index (χ4v) is 2.79. The zero-order valence-corrected chi connectivity index (χ0v) is 14.7. The van der Waals surface area contributed by atoms with E-state index in [1.807, 2.05) is 13.0 Å². The lowest BCUT2D eigenvalue weighted by Gasteiger charge is -2.10. The van der Waals surface area contributed by atoms with Crippen LogP contribution in [0.1, 0.15) is 23.8 Å². The molecule has 2 heterocycles. The number of rotatable bonds is 6. The van der Waals surface area contributed by atoms with Gasteiger partial charge in [0, 0.05) is 25.0 Å². The van der Waals surface area contributed by atoms with Crippen molar-refractivity contribution in [1.29, 1.82) is 0 Å². The van der Waals surface area contributed by atoms with Gasteiger partial charge in [-0.2, -0.15) is 0 Å². The van der Waals surface area contributed by atoms with Crippen molar-refractivity contribution in [2.24, 2.45) is 0 Å². The van der Waals surface area contributed by atoms with E-state index < -0.39 is 0 Å². The smallest absolute Gasteiger partial charge is 0.247 e. The van der Waals surface area contributed by atoms with Gasteiger partial charge in [-0.3, -0.25) is 0 Å². The van der Waals surface area contributed by atoms with Crippen molar-refractivity contribution in [3.05, 3.63) is 45.6 Å². The Morgan fingerprint density at radius 1 is 1.08 bits per heavy atom. The molecule has 8 heteroatoms. The third-order valence-electron chi connectivity index (χ3n) is 3.26. The van der Waals surface area contributed by atoms with Crippen LogP contribution in [-0.2, 0) is 6.42 Å². The maximum Gasteiger partial charge on any atom is 0.247 e. The zero-order valence-electron chi connectivity index (χ0n) is 13.2. The van der Waals surface area contributed by atoms with Crippen molar-refractivity contribution in [1.82, 2.24) is 15.4 Å². The summed E-state index contributed by atoms with van der Waals surface area (Å²) in [6.07, 6.45) is 1.49. The van der Waals surface area contributed by atoms with Gasteiger partial charge < -0.3 is 13.7 Å². The first kappa shape index (κ1) is 16.8. The van der Waals surface area contributed by atoms with E-state index in [4.69, 9.17) is 36.9 Å². The molecule has 0 fully saturated rings. The van der Waals surface area contributed by atoms with Crippen molar-refractivity contribution in [2.75, 3.05) is 6.61 Å². The lowest BCUT2D eigenvalue weighted by atomic mass is 10.2. The van der Waals surface area contributed by atoms with Gasteiger partial charge in [0.2, 0.25) is 11.8 Å². The average molecular weight is 368 g/mol. The maximum atomic E-state index is 6.26. The highest BCUT2D eigenvalue weighted by atomic mass is 35.5. The number of hydrogen-bond acceptors (Lipinski definition) is 6. The summed E-state index contributed by atoms with van der Waals surface area (Å²) in [5.41, 5.74) is 1.51. The minimum absolute atomic E-state index is 0.364. The van der Waals surface area contributed by atoms with Crippen LogP contribution in [0.3, 0.4) is 0 Å². The standard InChI is InChI=1S/C16H15Cl2N3O3/c1-9-6-12(24-21-9)4-3-5-22-15-13(17)7-11(8-14(15)18)16-20-19-10(2)23-16/h6-8H,3-5H2,1-2H3. The summed E-state index contributed by atoms with van der Waals surface area (Å²) in [4.78, 5) is 0. The number of aromatic nitrogens is 3. The number of ether oxygens (including phenoxy) is 1. The van der Waals surface area contributed by atoms with Crippen LogP contribution in [0.15, 0.2) is 27.1 Å². The number of nitrogens with zero attached hydrogens (tertiary/aromatic N) is 3. The molecule has 0 radical (unpaired) electrons. The molecule has 0 aliphatic heterocycles. The quantitative estimate of drug-likeness (QED) is 0.589. The van der Waals surface area contributed by atoms with Gasteiger partial charge in [-0.15, -0.1) is 10.2 Å². The summed E-state index contributed by atoms with van der Waals surface area (Å²) in [5, 5.41) is 12.4. The second-order valence-corrected chi connectivity index (χ2v) is 6.10. The average Bonchev–Trinajstić information content (AvgIpc) is 3.14. The van der Waals surface area contributed by atoms with Crippen molar-refractivity contribution >= 4 is 23.2 Å². The van der Waals surface area contributed by atoms with Crippen molar-refractivity contribution in [3.63, 3.8) is 0 Å². The normalized spacial score (nSPS) is 11.0. The molecule has 3 rings (SSSR count). The van der Waals surface area contributed by atoms with Crippen LogP contribution in [0, 0.1) is 13.8 Å². The number of aryl methyl sites for hydroxylation is 3. The molecule has 0 amide bonds. The van der Waals surface area contributed by atoms with E-state index in [1.165, 1.54) is 0 Å². The first-order valence-corrected chi connectivity index (χ1v) is 8.13. The Kier molecular flexibility index (Phi) is 5.06. The predicted octanol–water partition coefficient (Wildman–Crippen LogP) is 4.66. The summed E-state index contributed by atoms with van der Waals surface area (Å²) in [6, 6.07) is 5.28. The monoisotopic (exact) mass is 367 g/mol. The van der Waals surface area contributed by atoms with E-state index in [-0.39, 0.29) is 0 Å². The topological polar surface area (TPSA) is 74.2 Å². The number of hydrogen-bond donors (Lipinski definition) is 0. The molecule has 0 spiro atoms. The SMILES string of the molecule is Cc1cc(CCCOc2c(Cl)cc(-c3nnc(C)o3)cc2Cl)on1. The van der Waals surface area contributed by atoms with Crippen LogP contribution in [0.4, 0.5) is 0 Å². The van der Waals surface area contributed by atoms with Gasteiger partial charge in [-0.25, -0.2) is 0 Å². The maximum absolute atomic E-state index is 6.26. The Bertz CT molecular complexity index is 822. The van der Waals surface area contributed by atoms with Gasteiger partial charge in [0.05, 0.1) is 22.3 Å². The van der Waals surface area contributed by atoms with E-state index in [1.54, 1.807) is 19.1 Å². The van der Waals surface area contributed by atoms with Crippen LogP contribution in [0.5, 0.6) is 5.75 Å². The molecule has 0 unspecified atom stereocenters. The molecule has 6 nitrogen and oxygen atoms in total. The van der Waals surface area contributed by atoms with Crippen molar-refractivity contribution < 1.29 is 13.7 Å². The largest absolute Gasteiger partial charge is 0.490 e. The van der Waals surface area contributed by atoms with E-state index >= 15 is 0 Å². The summed E-state index contributed by atoms with van der Waals surface area (Å²) in [7, 11) is 0. The van der Waals surface area contributed by atoms with Gasteiger partial charge in [-0.1, -0.05) is 28.4 Å². The molecule has 0 N–H and O–H groups in total. The van der Waals surface area contributed by atoms with Gasteiger partial charge in [0.25, 0.3) is 0 Å². The molecule has 1 aromatic carbocycles. The minimum Gasteiger partial charge on any atom is -0.490 e. The molecule has 0 aliphatic carbocycles. The van der Waals surface area contributed by atoms with E-state index in [0.29, 0.717) is 39.7 Å². The molecule has 24 heavy (non-hydrogen) atoms. The van der Waals surface area contributed by atoms with E-state index in [9.17, 15) is 0 Å². The Morgan fingerprint density at radius 2 is 1.83 bits per heavy atom. The molecule has 0 aliphatic rings. The molecular formula is C16H15Cl2N3O3. The molecule has 0 saturated heterocycles. The number of halogens is 2. The van der Waals surface area contributed by atoms with Crippen LogP contribution >= 0.6 is 23.2 Å². The highest BCUT2D eigenvalue weighted by molar-refractivity contribution is 6.37. The first-order valence-electron chi connectivity index (χ1n) is 7.37. The van der Waals surface area contributed by atoms with E-state index in [2.05, 4.69) is 15.4 Å². The van der Waals surface area contributed by atoms with E-state index in [0.717, 1.165) is 24.3 Å². The Labute approximate surface area is 148 Å². The summed E-state index contributed by atoms with van der Waals surface area (Å²) in [5.74, 6) is 2.10. The Balaban J connectivity index is 1.63. The van der Waals surface area contributed by atoms with Gasteiger partial charge in [0.1, 0.15) is 5.76 Å². The van der Waals surface area contributed by atoms with Gasteiger partial charge in [-0.05, 0) is 25.5 Å². The lowest BCUT2D eigenvalue weighted by molar-refractivity contribution is 0.300. The molecule has 0 bridgehead atoms. The highest BCUT2D eigenvalue weighted by Gasteiger charge is 2.14. The molecule has 0 saturated carbocycles. The van der Waals surface area contributed by atoms with Crippen LogP contribution in [0.25, 0.3) is 11.5 Å². The lowest BCUT2D eigenvalue weighted by Crippen LogP contribution is -2.00. The molecule has 3 aromatic rings. The second-order valence-electron chi connectivity index (χ2n) is 5.28. The van der Waals surface area contributed by atoms with Crippen molar-refractivity contribution in [2.45, 2.75) is 26.7 Å². The second kappa shape index (κ2) is 7.23. The Morgan fingerprint density at radius 3 is 2.42 bits per heavy atom. The third-order valence-corrected chi connectivity index (χ3v) is 3.82.